The molecular formula is C25H22N2O3. The Kier molecular flexibility index (Phi) is 5.35. The number of nitrogens with zero attached hydrogens (tertiary/aromatic N) is 2. The van der Waals surface area contributed by atoms with Crippen LogP contribution in [0.1, 0.15) is 28.5 Å². The van der Waals surface area contributed by atoms with Gasteiger partial charge in [0.1, 0.15) is 0 Å². The molecule has 0 aliphatic heterocycles. The molecule has 5 nitrogen and oxygen atoms in total. The fraction of sp³-hybridized carbons (Fsp3) is 0.120. The fourth-order valence-electron chi connectivity index (χ4n) is 3.65. The second-order valence-electron chi connectivity index (χ2n) is 7.10. The van der Waals surface area contributed by atoms with E-state index in [9.17, 15) is 14.7 Å². The van der Waals surface area contributed by atoms with Crippen LogP contribution < -0.4 is 5.69 Å². The Morgan fingerprint density at radius 2 is 1.57 bits per heavy atom. The summed E-state index contributed by atoms with van der Waals surface area (Å²) in [4.78, 5) is 24.5. The summed E-state index contributed by atoms with van der Waals surface area (Å²) in [7, 11) is 0. The van der Waals surface area contributed by atoms with E-state index in [4.69, 9.17) is 0 Å². The molecule has 1 heterocycles. The summed E-state index contributed by atoms with van der Waals surface area (Å²) in [6.45, 7) is 2.50. The third kappa shape index (κ3) is 3.70. The van der Waals surface area contributed by atoms with Gasteiger partial charge in [-0.2, -0.15) is 0 Å². The van der Waals surface area contributed by atoms with Gasteiger partial charge in [0.2, 0.25) is 0 Å². The van der Waals surface area contributed by atoms with Crippen LogP contribution in [0.2, 0.25) is 0 Å². The predicted molar refractivity (Wildman–Crippen MR) is 117 cm³/mol. The first-order valence-corrected chi connectivity index (χ1v) is 9.86. The molecule has 0 unspecified atom stereocenters. The summed E-state index contributed by atoms with van der Waals surface area (Å²) in [5, 5.41) is 9.42. The number of hydrogen-bond acceptors (Lipinski definition) is 2. The molecule has 0 saturated heterocycles. The first kappa shape index (κ1) is 19.5. The molecule has 5 heteroatoms. The first-order valence-electron chi connectivity index (χ1n) is 9.86. The fourth-order valence-corrected chi connectivity index (χ4v) is 3.65. The van der Waals surface area contributed by atoms with Crippen LogP contribution >= 0.6 is 0 Å². The SMILES string of the molecule is CCc1cn(-c2ccccc2)c(=O)n1Cc1ccc(-c2ccccc2C(=O)O)cc1. The number of imidazole rings is 1. The average Bonchev–Trinajstić information content (AvgIpc) is 3.10. The number of carbonyl (C=O) groups is 1. The van der Waals surface area contributed by atoms with Gasteiger partial charge in [-0.3, -0.25) is 9.13 Å². The van der Waals surface area contributed by atoms with Crippen molar-refractivity contribution in [1.82, 2.24) is 9.13 Å². The molecule has 0 saturated carbocycles. The van der Waals surface area contributed by atoms with Crippen LogP contribution in [0.5, 0.6) is 0 Å². The zero-order valence-electron chi connectivity index (χ0n) is 16.7. The smallest absolute Gasteiger partial charge is 0.336 e. The van der Waals surface area contributed by atoms with Crippen molar-refractivity contribution < 1.29 is 9.90 Å². The lowest BCUT2D eigenvalue weighted by Gasteiger charge is -2.09. The highest BCUT2D eigenvalue weighted by Crippen LogP contribution is 2.24. The highest BCUT2D eigenvalue weighted by atomic mass is 16.4. The van der Waals surface area contributed by atoms with Crippen molar-refractivity contribution in [3.63, 3.8) is 0 Å². The molecule has 30 heavy (non-hydrogen) atoms. The molecule has 0 amide bonds. The normalized spacial score (nSPS) is 10.8. The summed E-state index contributed by atoms with van der Waals surface area (Å²) in [5.74, 6) is -0.948. The van der Waals surface area contributed by atoms with Crippen LogP contribution in [0.15, 0.2) is 89.9 Å². The molecule has 0 aliphatic rings. The number of rotatable bonds is 6. The van der Waals surface area contributed by atoms with Crippen LogP contribution in [-0.2, 0) is 13.0 Å². The standard InChI is InChI=1S/C25H22N2O3/c1-2-20-17-27(21-8-4-3-5-9-21)25(30)26(20)16-18-12-14-19(15-13-18)22-10-6-7-11-23(22)24(28)29/h3-15,17H,2,16H2,1H3,(H,28,29). The van der Waals surface area contributed by atoms with Gasteiger partial charge < -0.3 is 5.11 Å². The van der Waals surface area contributed by atoms with Crippen LogP contribution in [0.25, 0.3) is 16.8 Å². The number of carboxylic acid groups (broad SMARTS) is 1. The van der Waals surface area contributed by atoms with E-state index in [1.54, 1.807) is 27.3 Å². The lowest BCUT2D eigenvalue weighted by atomic mass is 9.99. The molecule has 3 aromatic carbocycles. The quantitative estimate of drug-likeness (QED) is 0.516. The Labute approximate surface area is 174 Å². The summed E-state index contributed by atoms with van der Waals surface area (Å²) in [5.41, 5.74) is 4.50. The second-order valence-corrected chi connectivity index (χ2v) is 7.10. The lowest BCUT2D eigenvalue weighted by Crippen LogP contribution is -2.24. The molecule has 0 fully saturated rings. The molecular weight excluding hydrogens is 376 g/mol. The maximum absolute atomic E-state index is 13.0. The molecule has 0 spiro atoms. The van der Waals surface area contributed by atoms with E-state index in [-0.39, 0.29) is 11.3 Å². The van der Waals surface area contributed by atoms with E-state index in [1.165, 1.54) is 0 Å². The lowest BCUT2D eigenvalue weighted by molar-refractivity contribution is 0.0697. The molecule has 150 valence electrons. The first-order chi connectivity index (χ1) is 14.6. The number of benzene rings is 3. The van der Waals surface area contributed by atoms with Crippen molar-refractivity contribution in [2.75, 3.05) is 0 Å². The van der Waals surface area contributed by atoms with Gasteiger partial charge in [0.05, 0.1) is 17.8 Å². The highest BCUT2D eigenvalue weighted by Gasteiger charge is 2.13. The molecule has 1 aromatic heterocycles. The Morgan fingerprint density at radius 1 is 0.900 bits per heavy atom. The number of aromatic carboxylic acids is 1. The van der Waals surface area contributed by atoms with Gasteiger partial charge in [0.15, 0.2) is 0 Å². The predicted octanol–water partition coefficient (Wildman–Crippen LogP) is 4.61. The van der Waals surface area contributed by atoms with Crippen LogP contribution in [0, 0.1) is 0 Å². The van der Waals surface area contributed by atoms with Crippen molar-refractivity contribution in [1.29, 1.82) is 0 Å². The van der Waals surface area contributed by atoms with Gasteiger partial charge in [-0.15, -0.1) is 0 Å². The highest BCUT2D eigenvalue weighted by molar-refractivity contribution is 5.95. The topological polar surface area (TPSA) is 64.2 Å². The van der Waals surface area contributed by atoms with Crippen molar-refractivity contribution in [2.45, 2.75) is 19.9 Å². The third-order valence-electron chi connectivity index (χ3n) is 5.22. The minimum Gasteiger partial charge on any atom is -0.478 e. The van der Waals surface area contributed by atoms with Gasteiger partial charge in [-0.05, 0) is 41.3 Å². The maximum atomic E-state index is 13.0. The largest absolute Gasteiger partial charge is 0.478 e. The third-order valence-corrected chi connectivity index (χ3v) is 5.22. The van der Waals surface area contributed by atoms with E-state index in [0.717, 1.165) is 28.9 Å². The monoisotopic (exact) mass is 398 g/mol. The van der Waals surface area contributed by atoms with E-state index in [1.807, 2.05) is 73.8 Å². The second kappa shape index (κ2) is 8.25. The molecule has 1 N–H and O–H groups in total. The van der Waals surface area contributed by atoms with Gasteiger partial charge >= 0.3 is 11.7 Å². The molecule has 0 aliphatic carbocycles. The number of carboxylic acids is 1. The van der Waals surface area contributed by atoms with Gasteiger partial charge in [-0.1, -0.05) is 67.6 Å². The average molecular weight is 398 g/mol. The van der Waals surface area contributed by atoms with Crippen molar-refractivity contribution in [3.8, 4) is 16.8 Å². The number of aryl methyl sites for hydroxylation is 1. The van der Waals surface area contributed by atoms with E-state index >= 15 is 0 Å². The van der Waals surface area contributed by atoms with Crippen LogP contribution in [-0.4, -0.2) is 20.2 Å². The summed E-state index contributed by atoms with van der Waals surface area (Å²) < 4.78 is 3.46. The van der Waals surface area contributed by atoms with E-state index in [0.29, 0.717) is 12.1 Å². The van der Waals surface area contributed by atoms with Crippen molar-refractivity contribution in [2.24, 2.45) is 0 Å². The molecule has 4 rings (SSSR count). The maximum Gasteiger partial charge on any atom is 0.336 e. The Morgan fingerprint density at radius 3 is 2.23 bits per heavy atom. The van der Waals surface area contributed by atoms with Crippen LogP contribution in [0.4, 0.5) is 0 Å². The Hall–Kier alpha value is -3.86. The Balaban J connectivity index is 1.66. The minimum atomic E-state index is -0.948. The Bertz CT molecular complexity index is 1240. The zero-order valence-corrected chi connectivity index (χ0v) is 16.7. The molecule has 4 aromatic rings. The molecule has 0 bridgehead atoms. The molecule has 0 radical (unpaired) electrons. The van der Waals surface area contributed by atoms with Gasteiger partial charge in [0.25, 0.3) is 0 Å². The van der Waals surface area contributed by atoms with Crippen LogP contribution in [0.3, 0.4) is 0 Å². The summed E-state index contributed by atoms with van der Waals surface area (Å²) in [6, 6.07) is 24.2. The summed E-state index contributed by atoms with van der Waals surface area (Å²) >= 11 is 0. The number of hydrogen-bond donors (Lipinski definition) is 1. The van der Waals surface area contributed by atoms with Gasteiger partial charge in [-0.25, -0.2) is 9.59 Å². The van der Waals surface area contributed by atoms with Crippen molar-refractivity contribution >= 4 is 5.97 Å². The van der Waals surface area contributed by atoms with Crippen molar-refractivity contribution in [3.05, 3.63) is 112 Å². The van der Waals surface area contributed by atoms with Gasteiger partial charge in [0, 0.05) is 11.9 Å². The summed E-state index contributed by atoms with van der Waals surface area (Å²) in [6.07, 6.45) is 2.65. The minimum absolute atomic E-state index is 0.0710. The number of aromatic nitrogens is 2. The molecule has 0 atom stereocenters. The van der Waals surface area contributed by atoms with E-state index < -0.39 is 5.97 Å². The van der Waals surface area contributed by atoms with E-state index in [2.05, 4.69) is 0 Å². The number of para-hydroxylation sites is 1. The zero-order chi connectivity index (χ0) is 21.1.